The van der Waals surface area contributed by atoms with E-state index in [1.807, 2.05) is 11.7 Å². The van der Waals surface area contributed by atoms with Crippen molar-refractivity contribution in [1.29, 1.82) is 0 Å². The first kappa shape index (κ1) is 14.2. The Balaban J connectivity index is 2.63. The third-order valence-electron chi connectivity index (χ3n) is 3.19. The number of aryl methyl sites for hydroxylation is 2. The van der Waals surface area contributed by atoms with Crippen LogP contribution in [-0.4, -0.2) is 34.3 Å². The average Bonchev–Trinajstić information content (AvgIpc) is 2.69. The second-order valence-corrected chi connectivity index (χ2v) is 4.77. The number of aromatic nitrogens is 2. The van der Waals surface area contributed by atoms with E-state index in [0.29, 0.717) is 5.92 Å². The van der Waals surface area contributed by atoms with Gasteiger partial charge >= 0.3 is 0 Å². The molecule has 1 aromatic rings. The highest BCUT2D eigenvalue weighted by Crippen LogP contribution is 2.09. The van der Waals surface area contributed by atoms with E-state index in [0.717, 1.165) is 32.6 Å². The number of nitrogens with zero attached hydrogens (tertiary/aromatic N) is 3. The van der Waals surface area contributed by atoms with E-state index in [1.165, 1.54) is 11.4 Å². The molecule has 0 aliphatic carbocycles. The summed E-state index contributed by atoms with van der Waals surface area (Å²) in [5.41, 5.74) is 8.14. The van der Waals surface area contributed by atoms with Gasteiger partial charge in [-0.05, 0) is 31.5 Å². The minimum absolute atomic E-state index is 0.550. The lowest BCUT2D eigenvalue weighted by Gasteiger charge is -2.23. The average molecular weight is 238 g/mol. The Hall–Kier alpha value is -0.870. The molecule has 0 aromatic carbocycles. The van der Waals surface area contributed by atoms with Crippen LogP contribution in [-0.2, 0) is 20.0 Å². The molecule has 4 nitrogen and oxygen atoms in total. The van der Waals surface area contributed by atoms with Gasteiger partial charge < -0.3 is 5.73 Å². The minimum Gasteiger partial charge on any atom is -0.330 e. The van der Waals surface area contributed by atoms with Crippen molar-refractivity contribution in [2.24, 2.45) is 18.7 Å². The molecule has 4 heteroatoms. The second kappa shape index (κ2) is 6.77. The third kappa shape index (κ3) is 4.13. The zero-order valence-corrected chi connectivity index (χ0v) is 11.6. The fourth-order valence-corrected chi connectivity index (χ4v) is 1.94. The lowest BCUT2D eigenvalue weighted by atomic mass is 10.1. The number of rotatable bonds is 7. The molecular formula is C13H26N4. The van der Waals surface area contributed by atoms with E-state index < -0.39 is 0 Å². The van der Waals surface area contributed by atoms with Crippen LogP contribution in [0.4, 0.5) is 0 Å². The molecule has 0 radical (unpaired) electrons. The van der Waals surface area contributed by atoms with Crippen LogP contribution in [0.1, 0.15) is 32.2 Å². The summed E-state index contributed by atoms with van der Waals surface area (Å²) < 4.78 is 1.99. The summed E-state index contributed by atoms with van der Waals surface area (Å²) in [5.74, 6) is 0.550. The smallest absolute Gasteiger partial charge is 0.0625 e. The lowest BCUT2D eigenvalue weighted by molar-refractivity contribution is 0.237. The van der Waals surface area contributed by atoms with Gasteiger partial charge in [0.1, 0.15) is 0 Å². The largest absolute Gasteiger partial charge is 0.330 e. The summed E-state index contributed by atoms with van der Waals surface area (Å²) in [4.78, 5) is 2.42. The van der Waals surface area contributed by atoms with E-state index in [2.05, 4.69) is 36.8 Å². The topological polar surface area (TPSA) is 47.1 Å². The molecule has 0 fully saturated rings. The first-order valence-corrected chi connectivity index (χ1v) is 6.54. The first-order valence-electron chi connectivity index (χ1n) is 6.54. The van der Waals surface area contributed by atoms with Gasteiger partial charge in [0.25, 0.3) is 0 Å². The van der Waals surface area contributed by atoms with Crippen molar-refractivity contribution in [2.75, 3.05) is 19.6 Å². The van der Waals surface area contributed by atoms with E-state index in [4.69, 9.17) is 5.73 Å². The lowest BCUT2D eigenvalue weighted by Crippen LogP contribution is -2.31. The Morgan fingerprint density at radius 3 is 2.65 bits per heavy atom. The molecule has 1 unspecified atom stereocenters. The van der Waals surface area contributed by atoms with Gasteiger partial charge in [0.2, 0.25) is 0 Å². The molecule has 1 aromatic heterocycles. The minimum atomic E-state index is 0.550. The SMILES string of the molecule is CCc1cc(CN(CC)CC(C)CN)n(C)n1. The molecule has 1 heterocycles. The zero-order chi connectivity index (χ0) is 12.8. The summed E-state index contributed by atoms with van der Waals surface area (Å²) in [6.45, 7) is 10.4. The van der Waals surface area contributed by atoms with Crippen molar-refractivity contribution in [3.8, 4) is 0 Å². The monoisotopic (exact) mass is 238 g/mol. The molecule has 0 spiro atoms. The summed E-state index contributed by atoms with van der Waals surface area (Å²) in [6.07, 6.45) is 0.999. The Morgan fingerprint density at radius 2 is 2.18 bits per heavy atom. The molecule has 0 aliphatic rings. The zero-order valence-electron chi connectivity index (χ0n) is 11.6. The van der Waals surface area contributed by atoms with Crippen LogP contribution in [0.15, 0.2) is 6.07 Å². The molecule has 0 bridgehead atoms. The molecule has 0 amide bonds. The fourth-order valence-electron chi connectivity index (χ4n) is 1.94. The molecule has 0 saturated heterocycles. The van der Waals surface area contributed by atoms with Gasteiger partial charge in [0.15, 0.2) is 0 Å². The van der Waals surface area contributed by atoms with Gasteiger partial charge in [0.05, 0.1) is 11.4 Å². The Kier molecular flexibility index (Phi) is 5.65. The molecule has 98 valence electrons. The Bertz CT molecular complexity index is 332. The number of nitrogens with two attached hydrogens (primary N) is 1. The van der Waals surface area contributed by atoms with Gasteiger partial charge in [-0.3, -0.25) is 9.58 Å². The van der Waals surface area contributed by atoms with Gasteiger partial charge in [-0.25, -0.2) is 0 Å². The number of hydrogen-bond donors (Lipinski definition) is 1. The highest BCUT2D eigenvalue weighted by atomic mass is 15.3. The molecule has 1 atom stereocenters. The maximum absolute atomic E-state index is 5.68. The molecule has 17 heavy (non-hydrogen) atoms. The van der Waals surface area contributed by atoms with Crippen molar-refractivity contribution in [2.45, 2.75) is 33.7 Å². The van der Waals surface area contributed by atoms with Crippen LogP contribution in [0.5, 0.6) is 0 Å². The highest BCUT2D eigenvalue weighted by Gasteiger charge is 2.11. The number of hydrogen-bond acceptors (Lipinski definition) is 3. The Labute approximate surface area is 105 Å². The van der Waals surface area contributed by atoms with Crippen molar-refractivity contribution < 1.29 is 0 Å². The summed E-state index contributed by atoms with van der Waals surface area (Å²) in [6, 6.07) is 2.20. The summed E-state index contributed by atoms with van der Waals surface area (Å²) in [7, 11) is 2.02. The van der Waals surface area contributed by atoms with Crippen molar-refractivity contribution in [3.63, 3.8) is 0 Å². The second-order valence-electron chi connectivity index (χ2n) is 4.77. The van der Waals surface area contributed by atoms with Crippen LogP contribution in [0.25, 0.3) is 0 Å². The summed E-state index contributed by atoms with van der Waals surface area (Å²) in [5, 5.41) is 4.48. The van der Waals surface area contributed by atoms with E-state index in [-0.39, 0.29) is 0 Å². The van der Waals surface area contributed by atoms with E-state index in [9.17, 15) is 0 Å². The standard InChI is InChI=1S/C13H26N4/c1-5-12-7-13(16(4)15-12)10-17(6-2)9-11(3)8-14/h7,11H,5-6,8-10,14H2,1-4H3. The highest BCUT2D eigenvalue weighted by molar-refractivity contribution is 5.10. The van der Waals surface area contributed by atoms with Crippen LogP contribution in [0.2, 0.25) is 0 Å². The van der Waals surface area contributed by atoms with Crippen molar-refractivity contribution in [1.82, 2.24) is 14.7 Å². The van der Waals surface area contributed by atoms with Gasteiger partial charge in [0, 0.05) is 20.1 Å². The molecular weight excluding hydrogens is 212 g/mol. The van der Waals surface area contributed by atoms with Gasteiger partial charge in [-0.15, -0.1) is 0 Å². The van der Waals surface area contributed by atoms with Crippen molar-refractivity contribution >= 4 is 0 Å². The van der Waals surface area contributed by atoms with E-state index in [1.54, 1.807) is 0 Å². The van der Waals surface area contributed by atoms with Crippen molar-refractivity contribution in [3.05, 3.63) is 17.5 Å². The maximum atomic E-state index is 5.68. The van der Waals surface area contributed by atoms with Crippen LogP contribution < -0.4 is 5.73 Å². The van der Waals surface area contributed by atoms with E-state index >= 15 is 0 Å². The summed E-state index contributed by atoms with van der Waals surface area (Å²) >= 11 is 0. The van der Waals surface area contributed by atoms with Crippen LogP contribution >= 0.6 is 0 Å². The molecule has 0 aliphatic heterocycles. The molecule has 1 rings (SSSR count). The van der Waals surface area contributed by atoms with Gasteiger partial charge in [-0.2, -0.15) is 5.10 Å². The maximum Gasteiger partial charge on any atom is 0.0625 e. The third-order valence-corrected chi connectivity index (χ3v) is 3.19. The van der Waals surface area contributed by atoms with Crippen LogP contribution in [0.3, 0.4) is 0 Å². The molecule has 0 saturated carbocycles. The van der Waals surface area contributed by atoms with Gasteiger partial charge in [-0.1, -0.05) is 20.8 Å². The quantitative estimate of drug-likeness (QED) is 0.781. The fraction of sp³-hybridized carbons (Fsp3) is 0.769. The van der Waals surface area contributed by atoms with Crippen LogP contribution in [0, 0.1) is 5.92 Å². The normalized spacial score (nSPS) is 13.3. The predicted octanol–water partition coefficient (Wildman–Crippen LogP) is 1.40. The predicted molar refractivity (Wildman–Crippen MR) is 71.8 cm³/mol. The first-order chi connectivity index (χ1) is 8.10. The Morgan fingerprint density at radius 1 is 1.47 bits per heavy atom. The molecule has 2 N–H and O–H groups in total.